The van der Waals surface area contributed by atoms with Gasteiger partial charge in [-0.3, -0.25) is 10.1 Å². The smallest absolute Gasteiger partial charge is 0.409 e. The molecule has 1 amide bonds. The van der Waals surface area contributed by atoms with E-state index in [0.717, 1.165) is 11.1 Å². The molecule has 0 saturated carbocycles. The number of hydrogen-bond acceptors (Lipinski definition) is 9. The van der Waals surface area contributed by atoms with E-state index in [9.17, 15) is 14.9 Å². The first-order valence-corrected chi connectivity index (χ1v) is 12.3. The van der Waals surface area contributed by atoms with Crippen LogP contribution in [-0.2, 0) is 17.8 Å². The molecule has 196 valence electrons. The van der Waals surface area contributed by atoms with E-state index in [1.165, 1.54) is 19.2 Å². The Balaban J connectivity index is 1.46. The van der Waals surface area contributed by atoms with E-state index >= 15 is 0 Å². The molecule has 0 spiro atoms. The Kier molecular flexibility index (Phi) is 7.22. The number of nitro benzene ring substituents is 1. The number of carbonyl (C=O) groups is 1. The number of benzene rings is 2. The number of non-ortho nitro benzene ring substituents is 1. The summed E-state index contributed by atoms with van der Waals surface area (Å²) >= 11 is 6.35. The Bertz CT molecular complexity index is 1470. The molecule has 1 saturated heterocycles. The van der Waals surface area contributed by atoms with Crippen LogP contribution in [0.1, 0.15) is 11.1 Å². The van der Waals surface area contributed by atoms with Gasteiger partial charge in [-0.15, -0.1) is 0 Å². The quantitative estimate of drug-likeness (QED) is 0.275. The van der Waals surface area contributed by atoms with Crippen LogP contribution < -0.4 is 10.2 Å². The molecule has 0 aliphatic carbocycles. The summed E-state index contributed by atoms with van der Waals surface area (Å²) in [5.41, 5.74) is 3.03. The summed E-state index contributed by atoms with van der Waals surface area (Å²) in [7, 11) is 1.37. The molecule has 1 aliphatic rings. The molecule has 0 radical (unpaired) electrons. The number of nitrogens with one attached hydrogen (secondary N) is 1. The zero-order valence-corrected chi connectivity index (χ0v) is 21.3. The van der Waals surface area contributed by atoms with E-state index < -0.39 is 4.92 Å². The second-order valence-electron chi connectivity index (χ2n) is 8.73. The van der Waals surface area contributed by atoms with Gasteiger partial charge >= 0.3 is 6.09 Å². The first kappa shape index (κ1) is 25.2. The van der Waals surface area contributed by atoms with Crippen molar-refractivity contribution in [1.29, 1.82) is 0 Å². The molecule has 1 N–H and O–H groups in total. The molecule has 1 fully saturated rings. The van der Waals surface area contributed by atoms with Crippen molar-refractivity contribution in [2.75, 3.05) is 43.5 Å². The number of ether oxygens (including phenoxy) is 1. The summed E-state index contributed by atoms with van der Waals surface area (Å²) in [4.78, 5) is 40.4. The lowest BCUT2D eigenvalue weighted by molar-refractivity contribution is -0.384. The standard InChI is InChI=1S/C25H25ClN8O4/c1-38-25(35)32-12-10-31(11-13-32)24-29-22(27-14-18-4-2-3-5-20(18)26)21-23(30-24)33(16-28-21)15-17-6-8-19(9-7-17)34(36)37/h2-9,16H,10-15H2,1H3,(H,27,29,30). The highest BCUT2D eigenvalue weighted by atomic mass is 35.5. The van der Waals surface area contributed by atoms with E-state index in [4.69, 9.17) is 26.3 Å². The normalized spacial score (nSPS) is 13.5. The minimum atomic E-state index is -0.424. The highest BCUT2D eigenvalue weighted by Crippen LogP contribution is 2.26. The molecular formula is C25H25ClN8O4. The van der Waals surface area contributed by atoms with Crippen molar-refractivity contribution >= 4 is 46.3 Å². The number of piperazine rings is 1. The second kappa shape index (κ2) is 10.9. The van der Waals surface area contributed by atoms with Crippen LogP contribution in [0.3, 0.4) is 0 Å². The maximum atomic E-state index is 11.9. The lowest BCUT2D eigenvalue weighted by Crippen LogP contribution is -2.49. The Morgan fingerprint density at radius 1 is 1.11 bits per heavy atom. The van der Waals surface area contributed by atoms with Crippen LogP contribution in [0, 0.1) is 10.1 Å². The third kappa shape index (κ3) is 5.30. The van der Waals surface area contributed by atoms with E-state index in [-0.39, 0.29) is 11.8 Å². The Labute approximate surface area is 223 Å². The van der Waals surface area contributed by atoms with Crippen molar-refractivity contribution in [2.24, 2.45) is 0 Å². The van der Waals surface area contributed by atoms with Crippen molar-refractivity contribution in [3.05, 3.63) is 81.1 Å². The molecule has 4 aromatic rings. The average Bonchev–Trinajstić information content (AvgIpc) is 3.35. The Hall–Kier alpha value is -4.45. The summed E-state index contributed by atoms with van der Waals surface area (Å²) in [5.74, 6) is 1.07. The van der Waals surface area contributed by atoms with Crippen molar-refractivity contribution < 1.29 is 14.5 Å². The summed E-state index contributed by atoms with van der Waals surface area (Å²) in [6, 6.07) is 14.0. The van der Waals surface area contributed by atoms with Crippen molar-refractivity contribution in [2.45, 2.75) is 13.1 Å². The molecule has 3 heterocycles. The van der Waals surface area contributed by atoms with Gasteiger partial charge in [0.05, 0.1) is 24.9 Å². The monoisotopic (exact) mass is 536 g/mol. The number of anilines is 2. The van der Waals surface area contributed by atoms with Crippen LogP contribution in [0.2, 0.25) is 5.02 Å². The van der Waals surface area contributed by atoms with E-state index in [1.54, 1.807) is 23.4 Å². The fraction of sp³-hybridized carbons (Fsp3) is 0.280. The molecule has 12 nitrogen and oxygen atoms in total. The summed E-state index contributed by atoms with van der Waals surface area (Å²) < 4.78 is 6.72. The van der Waals surface area contributed by atoms with Gasteiger partial charge in [-0.05, 0) is 17.2 Å². The minimum absolute atomic E-state index is 0.0333. The molecule has 13 heteroatoms. The topological polar surface area (TPSA) is 132 Å². The minimum Gasteiger partial charge on any atom is -0.453 e. The fourth-order valence-electron chi connectivity index (χ4n) is 4.27. The van der Waals surface area contributed by atoms with Gasteiger partial charge in [-0.1, -0.05) is 41.9 Å². The summed E-state index contributed by atoms with van der Waals surface area (Å²) in [6.07, 6.45) is 1.32. The lowest BCUT2D eigenvalue weighted by atomic mass is 10.2. The molecule has 0 unspecified atom stereocenters. The third-order valence-corrected chi connectivity index (χ3v) is 6.72. The molecule has 1 aliphatic heterocycles. The van der Waals surface area contributed by atoms with Crippen molar-refractivity contribution in [1.82, 2.24) is 24.4 Å². The van der Waals surface area contributed by atoms with E-state index in [0.29, 0.717) is 67.2 Å². The van der Waals surface area contributed by atoms with Gasteiger partial charge in [0.2, 0.25) is 5.95 Å². The maximum absolute atomic E-state index is 11.9. The van der Waals surface area contributed by atoms with Crippen LogP contribution in [0.4, 0.5) is 22.2 Å². The number of nitro groups is 1. The van der Waals surface area contributed by atoms with Crippen LogP contribution in [-0.4, -0.2) is 68.7 Å². The number of carbonyl (C=O) groups excluding carboxylic acids is 1. The molecule has 38 heavy (non-hydrogen) atoms. The van der Waals surface area contributed by atoms with Crippen molar-refractivity contribution in [3.8, 4) is 0 Å². The molecule has 2 aromatic carbocycles. The van der Waals surface area contributed by atoms with Gasteiger partial charge in [0, 0.05) is 49.9 Å². The number of hydrogen-bond donors (Lipinski definition) is 1. The number of imidazole rings is 1. The first-order valence-electron chi connectivity index (χ1n) is 11.9. The first-order chi connectivity index (χ1) is 18.4. The number of nitrogens with zero attached hydrogens (tertiary/aromatic N) is 7. The predicted molar refractivity (Wildman–Crippen MR) is 142 cm³/mol. The zero-order valence-electron chi connectivity index (χ0n) is 20.6. The zero-order chi connectivity index (χ0) is 26.6. The van der Waals surface area contributed by atoms with Gasteiger partial charge < -0.3 is 24.4 Å². The van der Waals surface area contributed by atoms with E-state index in [2.05, 4.69) is 10.3 Å². The van der Waals surface area contributed by atoms with Crippen LogP contribution >= 0.6 is 11.6 Å². The molecule has 0 atom stereocenters. The van der Waals surface area contributed by atoms with Gasteiger partial charge in [0.1, 0.15) is 0 Å². The molecule has 5 rings (SSSR count). The fourth-order valence-corrected chi connectivity index (χ4v) is 4.47. The van der Waals surface area contributed by atoms with Crippen LogP contribution in [0.15, 0.2) is 54.9 Å². The highest BCUT2D eigenvalue weighted by Gasteiger charge is 2.25. The third-order valence-electron chi connectivity index (χ3n) is 6.35. The largest absolute Gasteiger partial charge is 0.453 e. The number of fused-ring (bicyclic) bond motifs is 1. The number of halogens is 1. The average molecular weight is 537 g/mol. The number of rotatable bonds is 7. The van der Waals surface area contributed by atoms with Gasteiger partial charge in [-0.25, -0.2) is 9.78 Å². The van der Waals surface area contributed by atoms with Crippen LogP contribution in [0.25, 0.3) is 11.2 Å². The number of aromatic nitrogens is 4. The molecule has 2 aromatic heterocycles. The highest BCUT2D eigenvalue weighted by molar-refractivity contribution is 6.31. The van der Waals surface area contributed by atoms with Gasteiger partial charge in [-0.2, -0.15) is 9.97 Å². The van der Waals surface area contributed by atoms with Crippen molar-refractivity contribution in [3.63, 3.8) is 0 Å². The number of methoxy groups -OCH3 is 1. The number of amides is 1. The molecule has 0 bridgehead atoms. The summed E-state index contributed by atoms with van der Waals surface area (Å²) in [5, 5.41) is 15.0. The van der Waals surface area contributed by atoms with Crippen LogP contribution in [0.5, 0.6) is 0 Å². The van der Waals surface area contributed by atoms with E-state index in [1.807, 2.05) is 33.7 Å². The predicted octanol–water partition coefficient (Wildman–Crippen LogP) is 3.94. The Morgan fingerprint density at radius 2 is 1.84 bits per heavy atom. The lowest BCUT2D eigenvalue weighted by Gasteiger charge is -2.33. The second-order valence-corrected chi connectivity index (χ2v) is 9.14. The summed E-state index contributed by atoms with van der Waals surface area (Å²) in [6.45, 7) is 2.92. The van der Waals surface area contributed by atoms with Gasteiger partial charge in [0.15, 0.2) is 17.0 Å². The molecular weight excluding hydrogens is 512 g/mol. The maximum Gasteiger partial charge on any atom is 0.409 e. The Morgan fingerprint density at radius 3 is 2.53 bits per heavy atom. The SMILES string of the molecule is COC(=O)N1CCN(c2nc(NCc3ccccc3Cl)c3ncn(Cc4ccc([N+](=O)[O-])cc4)c3n2)CC1. The van der Waals surface area contributed by atoms with Gasteiger partial charge in [0.25, 0.3) is 5.69 Å².